The van der Waals surface area contributed by atoms with Crippen molar-refractivity contribution in [2.24, 2.45) is 0 Å². The van der Waals surface area contributed by atoms with Gasteiger partial charge in [0, 0.05) is 17.0 Å². The van der Waals surface area contributed by atoms with Crippen molar-refractivity contribution < 1.29 is 30.2 Å². The van der Waals surface area contributed by atoms with E-state index in [1.165, 1.54) is 6.07 Å². The fourth-order valence-corrected chi connectivity index (χ4v) is 3.42. The fraction of sp³-hybridized carbons (Fsp3) is 0.286. The van der Waals surface area contributed by atoms with Gasteiger partial charge in [0.2, 0.25) is 0 Å². The zero-order valence-electron chi connectivity index (χ0n) is 16.6. The van der Waals surface area contributed by atoms with Crippen LogP contribution in [0.15, 0.2) is 51.7 Å². The van der Waals surface area contributed by atoms with Gasteiger partial charge in [0.05, 0.1) is 0 Å². The number of hydrogen-bond donors (Lipinski definition) is 0. The summed E-state index contributed by atoms with van der Waals surface area (Å²) in [7, 11) is -5.89. The molecule has 1 aromatic heterocycles. The molecule has 0 atom stereocenters. The molecule has 3 aromatic rings. The number of halogens is 3. The maximum atomic E-state index is 12.9. The summed E-state index contributed by atoms with van der Waals surface area (Å²) in [6.45, 7) is 7.55. The molecule has 0 N–H and O–H groups in total. The number of aryl methyl sites for hydroxylation is 1. The van der Waals surface area contributed by atoms with Gasteiger partial charge in [0.25, 0.3) is 0 Å². The molecule has 0 saturated carbocycles. The third-order valence-electron chi connectivity index (χ3n) is 4.60. The van der Waals surface area contributed by atoms with Gasteiger partial charge in [-0.15, -0.1) is 0 Å². The first-order valence-corrected chi connectivity index (χ1v) is 10.3. The topological polar surface area (TPSA) is 73.6 Å². The van der Waals surface area contributed by atoms with Crippen molar-refractivity contribution in [2.75, 3.05) is 0 Å². The SMILES string of the molecule is Cc1cc(=O)oc2cc(-c3ccc(C(C)(C)C)cc3)c(OS(=O)(=O)C(F)(F)F)cc12. The van der Waals surface area contributed by atoms with Crippen molar-refractivity contribution in [3.63, 3.8) is 0 Å². The van der Waals surface area contributed by atoms with E-state index in [4.69, 9.17) is 4.42 Å². The standard InChI is InChI=1S/C21H19F3O5S/c1-12-9-19(25)28-17-11-16(13-5-7-14(8-6-13)20(2,3)4)18(10-15(12)17)29-30(26,27)21(22,23)24/h5-11H,1-4H3. The molecule has 0 saturated heterocycles. The Hall–Kier alpha value is -2.81. The maximum Gasteiger partial charge on any atom is 0.534 e. The Morgan fingerprint density at radius 1 is 0.967 bits per heavy atom. The summed E-state index contributed by atoms with van der Waals surface area (Å²) in [4.78, 5) is 11.7. The third kappa shape index (κ3) is 4.21. The first-order chi connectivity index (χ1) is 13.7. The fourth-order valence-electron chi connectivity index (χ4n) is 2.95. The summed E-state index contributed by atoms with van der Waals surface area (Å²) < 4.78 is 71.6. The van der Waals surface area contributed by atoms with Crippen molar-refractivity contribution in [1.29, 1.82) is 0 Å². The van der Waals surface area contributed by atoms with Crippen LogP contribution in [0.5, 0.6) is 5.75 Å². The molecular weight excluding hydrogens is 421 g/mol. The van der Waals surface area contributed by atoms with E-state index >= 15 is 0 Å². The van der Waals surface area contributed by atoms with Gasteiger partial charge >= 0.3 is 21.3 Å². The largest absolute Gasteiger partial charge is 0.534 e. The molecule has 160 valence electrons. The minimum atomic E-state index is -5.89. The van der Waals surface area contributed by atoms with E-state index in [1.807, 2.05) is 20.8 Å². The lowest BCUT2D eigenvalue weighted by atomic mass is 9.86. The Kier molecular flexibility index (Phi) is 5.22. The first kappa shape index (κ1) is 21.9. The van der Waals surface area contributed by atoms with E-state index in [0.717, 1.165) is 17.7 Å². The van der Waals surface area contributed by atoms with E-state index in [1.54, 1.807) is 31.2 Å². The predicted octanol–water partition coefficient (Wildman–Crippen LogP) is 5.29. The molecule has 0 aliphatic carbocycles. The maximum absolute atomic E-state index is 12.9. The highest BCUT2D eigenvalue weighted by Gasteiger charge is 2.48. The molecule has 0 aliphatic heterocycles. The lowest BCUT2D eigenvalue weighted by Crippen LogP contribution is -2.28. The van der Waals surface area contributed by atoms with Crippen molar-refractivity contribution in [2.45, 2.75) is 38.6 Å². The monoisotopic (exact) mass is 440 g/mol. The summed E-state index contributed by atoms with van der Waals surface area (Å²) in [6, 6.07) is 10.4. The molecule has 0 bridgehead atoms. The van der Waals surface area contributed by atoms with Crippen LogP contribution in [-0.2, 0) is 15.5 Å². The molecule has 0 aliphatic rings. The Morgan fingerprint density at radius 3 is 2.10 bits per heavy atom. The van der Waals surface area contributed by atoms with Crippen LogP contribution >= 0.6 is 0 Å². The van der Waals surface area contributed by atoms with Crippen molar-refractivity contribution in [3.8, 4) is 16.9 Å². The molecule has 5 nitrogen and oxygen atoms in total. The number of rotatable bonds is 3. The van der Waals surface area contributed by atoms with Gasteiger partial charge in [-0.2, -0.15) is 21.6 Å². The van der Waals surface area contributed by atoms with E-state index in [2.05, 4.69) is 4.18 Å². The Bertz CT molecular complexity index is 1270. The van der Waals surface area contributed by atoms with E-state index in [-0.39, 0.29) is 21.9 Å². The second-order valence-corrected chi connectivity index (χ2v) is 9.44. The van der Waals surface area contributed by atoms with Crippen LogP contribution in [0, 0.1) is 6.92 Å². The van der Waals surface area contributed by atoms with Gasteiger partial charge in [-0.3, -0.25) is 0 Å². The van der Waals surface area contributed by atoms with Crippen LogP contribution in [0.25, 0.3) is 22.1 Å². The number of alkyl halides is 3. The van der Waals surface area contributed by atoms with Crippen LogP contribution in [0.1, 0.15) is 31.9 Å². The Morgan fingerprint density at radius 2 is 1.57 bits per heavy atom. The molecule has 9 heteroatoms. The summed E-state index contributed by atoms with van der Waals surface area (Å²) in [5.74, 6) is -0.514. The molecule has 0 radical (unpaired) electrons. The predicted molar refractivity (Wildman–Crippen MR) is 107 cm³/mol. The van der Waals surface area contributed by atoms with Gasteiger partial charge in [-0.05, 0) is 41.2 Å². The molecule has 2 aromatic carbocycles. The normalized spacial score (nSPS) is 12.9. The highest BCUT2D eigenvalue weighted by molar-refractivity contribution is 7.88. The van der Waals surface area contributed by atoms with Crippen LogP contribution in [0.4, 0.5) is 13.2 Å². The molecule has 3 rings (SSSR count). The van der Waals surface area contributed by atoms with Gasteiger partial charge < -0.3 is 8.60 Å². The first-order valence-electron chi connectivity index (χ1n) is 8.89. The highest BCUT2D eigenvalue weighted by Crippen LogP contribution is 2.38. The smallest absolute Gasteiger partial charge is 0.423 e. The summed E-state index contributed by atoms with van der Waals surface area (Å²) in [6.07, 6.45) is 0. The van der Waals surface area contributed by atoms with E-state index < -0.39 is 27.0 Å². The molecule has 0 unspecified atom stereocenters. The second-order valence-electron chi connectivity index (χ2n) is 7.90. The van der Waals surface area contributed by atoms with Gasteiger partial charge in [-0.25, -0.2) is 4.79 Å². The molecule has 0 amide bonds. The van der Waals surface area contributed by atoms with Crippen molar-refractivity contribution >= 4 is 21.1 Å². The van der Waals surface area contributed by atoms with Gasteiger partial charge in [0.15, 0.2) is 5.75 Å². The average molecular weight is 440 g/mol. The molecule has 0 fully saturated rings. The molecule has 30 heavy (non-hydrogen) atoms. The van der Waals surface area contributed by atoms with Crippen molar-refractivity contribution in [1.82, 2.24) is 0 Å². The summed E-state index contributed by atoms with van der Waals surface area (Å²) in [5, 5.41) is 0.261. The van der Waals surface area contributed by atoms with Crippen molar-refractivity contribution in [3.05, 3.63) is 64.0 Å². The highest BCUT2D eigenvalue weighted by atomic mass is 32.2. The zero-order chi connectivity index (χ0) is 22.5. The minimum absolute atomic E-state index is 0.0459. The minimum Gasteiger partial charge on any atom is -0.423 e. The van der Waals surface area contributed by atoms with E-state index in [0.29, 0.717) is 11.1 Å². The number of hydrogen-bond acceptors (Lipinski definition) is 5. The van der Waals surface area contributed by atoms with Crippen LogP contribution in [-0.4, -0.2) is 13.9 Å². The Labute approximate surface area is 171 Å². The average Bonchev–Trinajstić information content (AvgIpc) is 2.60. The lowest BCUT2D eigenvalue weighted by molar-refractivity contribution is -0.0499. The zero-order valence-corrected chi connectivity index (χ0v) is 17.4. The Balaban J connectivity index is 2.26. The summed E-state index contributed by atoms with van der Waals surface area (Å²) in [5.41, 5.74) is -4.45. The number of fused-ring (bicyclic) bond motifs is 1. The quantitative estimate of drug-likeness (QED) is 0.314. The van der Waals surface area contributed by atoms with Gasteiger partial charge in [0.1, 0.15) is 5.58 Å². The van der Waals surface area contributed by atoms with E-state index in [9.17, 15) is 26.4 Å². The molecule has 1 heterocycles. The van der Waals surface area contributed by atoms with Crippen LogP contribution in [0.2, 0.25) is 0 Å². The van der Waals surface area contributed by atoms with Crippen LogP contribution in [0.3, 0.4) is 0 Å². The second kappa shape index (κ2) is 7.16. The van der Waals surface area contributed by atoms with Gasteiger partial charge in [-0.1, -0.05) is 45.0 Å². The van der Waals surface area contributed by atoms with Crippen LogP contribution < -0.4 is 9.81 Å². The number of benzene rings is 2. The third-order valence-corrected chi connectivity index (χ3v) is 5.56. The molecule has 0 spiro atoms. The lowest BCUT2D eigenvalue weighted by Gasteiger charge is -2.20. The molecular formula is C21H19F3O5S. The summed E-state index contributed by atoms with van der Waals surface area (Å²) >= 11 is 0.